The lowest BCUT2D eigenvalue weighted by atomic mass is 10.1. The summed E-state index contributed by atoms with van der Waals surface area (Å²) in [5.74, 6) is -0.872. The maximum atomic E-state index is 14.4. The van der Waals surface area contributed by atoms with E-state index in [1.54, 1.807) is 64.1 Å². The molecule has 0 saturated heterocycles. The normalized spacial score (nSPS) is 13.7. The molecule has 0 spiro atoms. The van der Waals surface area contributed by atoms with Gasteiger partial charge < -0.3 is 0 Å². The highest BCUT2D eigenvalue weighted by atomic mass is 19.1. The number of rotatable bonds is 4. The quantitative estimate of drug-likeness (QED) is 0.233. The van der Waals surface area contributed by atoms with E-state index in [2.05, 4.69) is 21.1 Å². The Hall–Kier alpha value is -5.64. The van der Waals surface area contributed by atoms with E-state index in [4.69, 9.17) is 20.0 Å². The van der Waals surface area contributed by atoms with Crippen LogP contribution in [0.3, 0.4) is 0 Å². The standard InChI is InChI=1S/C34H30F2N8/c1-21-33(43-41-27-15-7-5-13-25(27)35)22(2)38-31-19-11-12-20-32(31)40-24(4)34(44-42-28-16-8-6-14-26(28)36)23(3)39-30-18-10-9-17-29(30)37-21/h5-20,41-42H,1-4H3. The van der Waals surface area contributed by atoms with Gasteiger partial charge in [0.05, 0.1) is 57.0 Å². The van der Waals surface area contributed by atoms with Crippen molar-refractivity contribution in [2.24, 2.45) is 30.2 Å². The molecular weight excluding hydrogens is 558 g/mol. The first-order valence-electron chi connectivity index (χ1n) is 13.9. The molecule has 8 nitrogen and oxygen atoms in total. The summed E-state index contributed by atoms with van der Waals surface area (Å²) in [6.07, 6.45) is 0. The number of aliphatic imine (C=N–C) groups is 4. The summed E-state index contributed by atoms with van der Waals surface area (Å²) in [4.78, 5) is 19.5. The van der Waals surface area contributed by atoms with Crippen LogP contribution in [0.5, 0.6) is 0 Å². The molecule has 0 bridgehead atoms. The second-order valence-corrected chi connectivity index (χ2v) is 9.87. The summed E-state index contributed by atoms with van der Waals surface area (Å²) >= 11 is 0. The fourth-order valence-corrected chi connectivity index (χ4v) is 4.42. The molecule has 0 radical (unpaired) electrons. The molecule has 4 aromatic carbocycles. The maximum absolute atomic E-state index is 14.4. The molecule has 1 aliphatic heterocycles. The van der Waals surface area contributed by atoms with Crippen molar-refractivity contribution >= 4 is 68.4 Å². The van der Waals surface area contributed by atoms with Crippen molar-refractivity contribution in [3.63, 3.8) is 0 Å². The third kappa shape index (κ3) is 7.04. The Labute approximate surface area is 254 Å². The summed E-state index contributed by atoms with van der Waals surface area (Å²) in [6.45, 7) is 7.22. The van der Waals surface area contributed by atoms with E-state index < -0.39 is 11.6 Å². The second kappa shape index (κ2) is 13.6. The van der Waals surface area contributed by atoms with Crippen LogP contribution in [-0.2, 0) is 0 Å². The molecule has 0 unspecified atom stereocenters. The zero-order valence-electron chi connectivity index (χ0n) is 24.7. The van der Waals surface area contributed by atoms with Crippen LogP contribution in [0.1, 0.15) is 27.7 Å². The summed E-state index contributed by atoms with van der Waals surface area (Å²) in [7, 11) is 0. The van der Waals surface area contributed by atoms with E-state index in [1.807, 2.05) is 48.5 Å². The minimum absolute atomic E-state index is 0.220. The van der Waals surface area contributed by atoms with E-state index >= 15 is 0 Å². The first-order chi connectivity index (χ1) is 21.3. The lowest BCUT2D eigenvalue weighted by Gasteiger charge is -2.13. The summed E-state index contributed by atoms with van der Waals surface area (Å²) in [5, 5.41) is 9.06. The molecule has 4 aromatic rings. The van der Waals surface area contributed by atoms with Crippen LogP contribution in [-0.4, -0.2) is 34.3 Å². The van der Waals surface area contributed by atoms with E-state index in [0.29, 0.717) is 57.0 Å². The van der Waals surface area contributed by atoms with Crippen molar-refractivity contribution in [2.75, 3.05) is 10.9 Å². The molecule has 2 N–H and O–H groups in total. The fraction of sp³-hybridized carbons (Fsp3) is 0.118. The average molecular weight is 589 g/mol. The first-order valence-corrected chi connectivity index (χ1v) is 13.9. The van der Waals surface area contributed by atoms with Crippen molar-refractivity contribution in [3.8, 4) is 0 Å². The van der Waals surface area contributed by atoms with E-state index in [-0.39, 0.29) is 11.4 Å². The smallest absolute Gasteiger partial charge is 0.148 e. The maximum Gasteiger partial charge on any atom is 0.148 e. The van der Waals surface area contributed by atoms with Gasteiger partial charge in [-0.2, -0.15) is 10.2 Å². The zero-order chi connectivity index (χ0) is 31.1. The van der Waals surface area contributed by atoms with Gasteiger partial charge in [-0.05, 0) is 76.2 Å². The van der Waals surface area contributed by atoms with Crippen LogP contribution < -0.4 is 10.9 Å². The van der Waals surface area contributed by atoms with Crippen molar-refractivity contribution < 1.29 is 8.78 Å². The SMILES string of the molecule is CC1=Nc2ccccc2N=C(C)C(=NNc2ccccc2F)C(C)=Nc2ccccc2N=C(C)C1=NNc1ccccc1F. The van der Waals surface area contributed by atoms with Gasteiger partial charge in [-0.25, -0.2) is 28.8 Å². The minimum atomic E-state index is -0.436. The highest BCUT2D eigenvalue weighted by Crippen LogP contribution is 2.31. The van der Waals surface area contributed by atoms with E-state index in [9.17, 15) is 8.78 Å². The fourth-order valence-electron chi connectivity index (χ4n) is 4.42. The molecule has 5 rings (SSSR count). The Bertz CT molecular complexity index is 1670. The van der Waals surface area contributed by atoms with Crippen molar-refractivity contribution in [1.82, 2.24) is 0 Å². The molecule has 0 aliphatic carbocycles. The Morgan fingerprint density at radius 1 is 0.432 bits per heavy atom. The molecule has 44 heavy (non-hydrogen) atoms. The molecule has 0 aromatic heterocycles. The average Bonchev–Trinajstić information content (AvgIpc) is 3.00. The monoisotopic (exact) mass is 588 g/mol. The van der Waals surface area contributed by atoms with Crippen LogP contribution in [0, 0.1) is 11.6 Å². The second-order valence-electron chi connectivity index (χ2n) is 9.87. The summed E-state index contributed by atoms with van der Waals surface area (Å²) in [5.41, 5.74) is 11.3. The molecule has 1 aliphatic rings. The Morgan fingerprint density at radius 3 is 1.00 bits per heavy atom. The zero-order valence-corrected chi connectivity index (χ0v) is 24.7. The molecule has 1 heterocycles. The van der Waals surface area contributed by atoms with Crippen LogP contribution >= 0.6 is 0 Å². The number of nitrogens with zero attached hydrogens (tertiary/aromatic N) is 6. The van der Waals surface area contributed by atoms with Crippen molar-refractivity contribution in [3.05, 3.63) is 109 Å². The van der Waals surface area contributed by atoms with Crippen LogP contribution in [0.25, 0.3) is 0 Å². The van der Waals surface area contributed by atoms with Crippen molar-refractivity contribution in [1.29, 1.82) is 0 Å². The lowest BCUT2D eigenvalue weighted by molar-refractivity contribution is 0.630. The molecule has 0 atom stereocenters. The van der Waals surface area contributed by atoms with Crippen LogP contribution in [0.15, 0.2) is 127 Å². The van der Waals surface area contributed by atoms with Crippen molar-refractivity contribution in [2.45, 2.75) is 27.7 Å². The predicted molar refractivity (Wildman–Crippen MR) is 179 cm³/mol. The van der Waals surface area contributed by atoms with E-state index in [1.165, 1.54) is 12.1 Å². The van der Waals surface area contributed by atoms with E-state index in [0.717, 1.165) is 0 Å². The Balaban J connectivity index is 1.70. The van der Waals surface area contributed by atoms with Gasteiger partial charge in [0, 0.05) is 0 Å². The number of benzene rings is 4. The number of halogens is 2. The molecule has 220 valence electrons. The van der Waals surface area contributed by atoms with Gasteiger partial charge >= 0.3 is 0 Å². The number of hydrazone groups is 2. The van der Waals surface area contributed by atoms with Gasteiger partial charge in [0.1, 0.15) is 23.1 Å². The van der Waals surface area contributed by atoms with Gasteiger partial charge in [-0.3, -0.25) is 10.9 Å². The number of hydrogen-bond acceptors (Lipinski definition) is 8. The Morgan fingerprint density at radius 2 is 0.705 bits per heavy atom. The van der Waals surface area contributed by atoms with Gasteiger partial charge in [-0.1, -0.05) is 48.5 Å². The highest BCUT2D eigenvalue weighted by Gasteiger charge is 2.16. The van der Waals surface area contributed by atoms with Gasteiger partial charge in [0.15, 0.2) is 0 Å². The number of nitrogens with one attached hydrogen (secondary N) is 2. The third-order valence-electron chi connectivity index (χ3n) is 6.61. The first kappa shape index (κ1) is 29.8. The van der Waals surface area contributed by atoms with Gasteiger partial charge in [-0.15, -0.1) is 0 Å². The number of anilines is 2. The van der Waals surface area contributed by atoms with Crippen LogP contribution in [0.4, 0.5) is 42.9 Å². The molecule has 10 heteroatoms. The Kier molecular flexibility index (Phi) is 9.19. The number of hydrogen-bond donors (Lipinski definition) is 2. The topological polar surface area (TPSA) is 98.2 Å². The van der Waals surface area contributed by atoms with Gasteiger partial charge in [0.25, 0.3) is 0 Å². The molecular formula is C34H30F2N8. The summed E-state index contributed by atoms with van der Waals surface area (Å²) < 4.78 is 28.8. The number of fused-ring (bicyclic) bond motifs is 2. The number of para-hydroxylation sites is 6. The minimum Gasteiger partial charge on any atom is -0.275 e. The molecule has 0 amide bonds. The summed E-state index contributed by atoms with van der Waals surface area (Å²) in [6, 6.07) is 27.3. The molecule has 0 saturated carbocycles. The van der Waals surface area contributed by atoms with Gasteiger partial charge in [0.2, 0.25) is 0 Å². The predicted octanol–water partition coefficient (Wildman–Crippen LogP) is 8.98. The largest absolute Gasteiger partial charge is 0.275 e. The van der Waals surface area contributed by atoms with Crippen LogP contribution in [0.2, 0.25) is 0 Å². The highest BCUT2D eigenvalue weighted by molar-refractivity contribution is 6.69. The third-order valence-corrected chi connectivity index (χ3v) is 6.61. The lowest BCUT2D eigenvalue weighted by Crippen LogP contribution is -2.22. The molecule has 0 fully saturated rings.